The van der Waals surface area contributed by atoms with E-state index in [1.807, 2.05) is 0 Å². The fourth-order valence-corrected chi connectivity index (χ4v) is 4.60. The Morgan fingerprint density at radius 1 is 1.14 bits per heavy atom. The number of hydrogen-bond acceptors (Lipinski definition) is 3. The number of halogens is 3. The molecule has 1 saturated heterocycles. The summed E-state index contributed by atoms with van der Waals surface area (Å²) < 4.78 is 39.9. The molecule has 2 heterocycles. The fraction of sp³-hybridized carbons (Fsp3) is 0.524. The molecule has 1 aliphatic heterocycles. The lowest BCUT2D eigenvalue weighted by molar-refractivity contribution is -0.137. The maximum atomic E-state index is 12.8. The average molecular weight is 407 g/mol. The van der Waals surface area contributed by atoms with Crippen LogP contribution in [0.25, 0.3) is 0 Å². The van der Waals surface area contributed by atoms with Gasteiger partial charge in [0.15, 0.2) is 0 Å². The van der Waals surface area contributed by atoms with E-state index >= 15 is 0 Å². The largest absolute Gasteiger partial charge is 0.416 e. The Hall–Kier alpha value is -2.35. The minimum Gasteiger partial charge on any atom is -0.302 e. The Labute approximate surface area is 166 Å². The Balaban J connectivity index is 1.29. The van der Waals surface area contributed by atoms with Gasteiger partial charge in [0.25, 0.3) is 5.56 Å². The second-order valence-electron chi connectivity index (χ2n) is 8.34. The van der Waals surface area contributed by atoms with E-state index in [2.05, 4.69) is 9.88 Å². The van der Waals surface area contributed by atoms with E-state index in [1.54, 1.807) is 25.3 Å². The molecule has 4 rings (SSSR count). The van der Waals surface area contributed by atoms with Gasteiger partial charge in [0, 0.05) is 36.8 Å². The molecule has 1 aromatic carbocycles. The third-order valence-electron chi connectivity index (χ3n) is 6.32. The number of aromatic nitrogens is 2. The van der Waals surface area contributed by atoms with Gasteiger partial charge < -0.3 is 9.47 Å². The molecule has 2 atom stereocenters. The van der Waals surface area contributed by atoms with Crippen molar-refractivity contribution >= 4 is 0 Å². The Morgan fingerprint density at radius 3 is 2.52 bits per heavy atom. The Kier molecular flexibility index (Phi) is 4.93. The van der Waals surface area contributed by atoms with Crippen molar-refractivity contribution in [3.63, 3.8) is 0 Å². The van der Waals surface area contributed by atoms with E-state index in [-0.39, 0.29) is 16.7 Å². The number of aromatic amines is 1. The highest BCUT2D eigenvalue weighted by Crippen LogP contribution is 2.59. The van der Waals surface area contributed by atoms with Crippen molar-refractivity contribution in [1.82, 2.24) is 14.5 Å². The van der Waals surface area contributed by atoms with Gasteiger partial charge in [0.05, 0.1) is 5.56 Å². The smallest absolute Gasteiger partial charge is 0.302 e. The van der Waals surface area contributed by atoms with Crippen LogP contribution in [0.15, 0.2) is 40.1 Å². The second-order valence-corrected chi connectivity index (χ2v) is 8.34. The van der Waals surface area contributed by atoms with Gasteiger partial charge in [-0.3, -0.25) is 9.78 Å². The summed E-state index contributed by atoms with van der Waals surface area (Å²) in [5.74, 6) is 0.517. The first-order valence-electron chi connectivity index (χ1n) is 9.89. The number of hydrogen-bond donors (Lipinski definition) is 1. The molecule has 5 nitrogen and oxygen atoms in total. The van der Waals surface area contributed by atoms with Crippen molar-refractivity contribution in [2.75, 3.05) is 19.6 Å². The standard InChI is InChI=1S/C21H24F3N3O2/c1-14-11-27(19(29)25-18(14)28)9-3-2-8-26-12-17-10-20(17,13-26)15-4-6-16(7-5-15)21(22,23)24/h4-7,11,17H,2-3,8-10,12-13H2,1H3,(H,25,28,29)/t17-,20+/m0/s1. The summed E-state index contributed by atoms with van der Waals surface area (Å²) in [4.78, 5) is 27.9. The van der Waals surface area contributed by atoms with Crippen LogP contribution in [0.3, 0.4) is 0 Å². The van der Waals surface area contributed by atoms with Crippen molar-refractivity contribution < 1.29 is 13.2 Å². The van der Waals surface area contributed by atoms with E-state index in [9.17, 15) is 22.8 Å². The molecule has 0 spiro atoms. The lowest BCUT2D eigenvalue weighted by Gasteiger charge is -2.21. The first-order valence-corrected chi connectivity index (χ1v) is 9.89. The zero-order valence-corrected chi connectivity index (χ0v) is 16.3. The van der Waals surface area contributed by atoms with Gasteiger partial charge in [-0.15, -0.1) is 0 Å². The number of unbranched alkanes of at least 4 members (excludes halogenated alkanes) is 1. The van der Waals surface area contributed by atoms with Gasteiger partial charge in [0.1, 0.15) is 0 Å². The van der Waals surface area contributed by atoms with Crippen molar-refractivity contribution in [3.05, 3.63) is 68.0 Å². The molecule has 2 aromatic rings. The summed E-state index contributed by atoms with van der Waals surface area (Å²) in [5.41, 5.74) is 0.200. The summed E-state index contributed by atoms with van der Waals surface area (Å²) in [5, 5.41) is 0. The molecule has 29 heavy (non-hydrogen) atoms. The highest BCUT2D eigenvalue weighted by atomic mass is 19.4. The molecule has 0 radical (unpaired) electrons. The molecule has 0 bridgehead atoms. The number of benzene rings is 1. The van der Waals surface area contributed by atoms with Crippen molar-refractivity contribution in [1.29, 1.82) is 0 Å². The lowest BCUT2D eigenvalue weighted by atomic mass is 9.94. The van der Waals surface area contributed by atoms with Crippen LogP contribution in [-0.2, 0) is 18.1 Å². The summed E-state index contributed by atoms with van der Waals surface area (Å²) in [6.45, 7) is 4.97. The van der Waals surface area contributed by atoms with Crippen molar-refractivity contribution in [3.8, 4) is 0 Å². The quantitative estimate of drug-likeness (QED) is 0.750. The summed E-state index contributed by atoms with van der Waals surface area (Å²) >= 11 is 0. The number of rotatable bonds is 6. The van der Waals surface area contributed by atoms with Gasteiger partial charge in [-0.2, -0.15) is 13.2 Å². The van der Waals surface area contributed by atoms with Gasteiger partial charge in [0.2, 0.25) is 0 Å². The maximum absolute atomic E-state index is 12.8. The summed E-state index contributed by atoms with van der Waals surface area (Å²) in [6.07, 6.45) is 0.0696. The molecular formula is C21H24F3N3O2. The van der Waals surface area contributed by atoms with Gasteiger partial charge in [-0.05, 0) is 56.3 Å². The highest BCUT2D eigenvalue weighted by Gasteiger charge is 2.60. The van der Waals surface area contributed by atoms with Crippen LogP contribution in [0.4, 0.5) is 13.2 Å². The third-order valence-corrected chi connectivity index (χ3v) is 6.32. The minimum absolute atomic E-state index is 0.0110. The minimum atomic E-state index is -4.30. The second kappa shape index (κ2) is 7.16. The summed E-state index contributed by atoms with van der Waals surface area (Å²) in [7, 11) is 0. The van der Waals surface area contributed by atoms with Crippen LogP contribution in [0.5, 0.6) is 0 Å². The number of fused-ring (bicyclic) bond motifs is 1. The number of nitrogens with zero attached hydrogens (tertiary/aromatic N) is 2. The van der Waals surface area contributed by atoms with Crippen LogP contribution in [0, 0.1) is 12.8 Å². The molecule has 2 aliphatic rings. The number of piperidine rings is 1. The number of nitrogens with one attached hydrogen (secondary N) is 1. The topological polar surface area (TPSA) is 58.1 Å². The zero-order valence-electron chi connectivity index (χ0n) is 16.3. The number of H-pyrrole nitrogens is 1. The first-order chi connectivity index (χ1) is 13.7. The Bertz CT molecular complexity index is 1010. The van der Waals surface area contributed by atoms with Crippen LogP contribution in [0.2, 0.25) is 0 Å². The van der Waals surface area contributed by atoms with Crippen LogP contribution < -0.4 is 11.2 Å². The zero-order chi connectivity index (χ0) is 20.8. The Morgan fingerprint density at radius 2 is 1.83 bits per heavy atom. The summed E-state index contributed by atoms with van der Waals surface area (Å²) in [6, 6.07) is 5.65. The molecule has 1 aliphatic carbocycles. The van der Waals surface area contributed by atoms with E-state index in [4.69, 9.17) is 0 Å². The van der Waals surface area contributed by atoms with E-state index in [0.29, 0.717) is 18.0 Å². The molecule has 8 heteroatoms. The monoisotopic (exact) mass is 407 g/mol. The molecule has 1 aromatic heterocycles. The lowest BCUT2D eigenvalue weighted by Crippen LogP contribution is -2.31. The highest BCUT2D eigenvalue weighted by molar-refractivity contribution is 5.39. The van der Waals surface area contributed by atoms with Gasteiger partial charge in [-0.1, -0.05) is 12.1 Å². The van der Waals surface area contributed by atoms with E-state index in [0.717, 1.165) is 44.5 Å². The van der Waals surface area contributed by atoms with Crippen molar-refractivity contribution in [2.45, 2.75) is 44.3 Å². The molecule has 0 amide bonds. The van der Waals surface area contributed by atoms with Gasteiger partial charge in [-0.25, -0.2) is 4.79 Å². The molecule has 0 unspecified atom stereocenters. The number of likely N-dealkylation sites (tertiary alicyclic amines) is 1. The first kappa shape index (κ1) is 19.9. The van der Waals surface area contributed by atoms with Crippen LogP contribution >= 0.6 is 0 Å². The van der Waals surface area contributed by atoms with E-state index in [1.165, 1.54) is 16.7 Å². The average Bonchev–Trinajstić information content (AvgIpc) is 3.24. The molecular weight excluding hydrogens is 383 g/mol. The van der Waals surface area contributed by atoms with E-state index < -0.39 is 11.7 Å². The predicted molar refractivity (Wildman–Crippen MR) is 103 cm³/mol. The number of aryl methyl sites for hydroxylation is 2. The van der Waals surface area contributed by atoms with Crippen molar-refractivity contribution in [2.24, 2.45) is 5.92 Å². The normalized spacial score (nSPS) is 23.9. The number of alkyl halides is 3. The fourth-order valence-electron chi connectivity index (χ4n) is 4.60. The third kappa shape index (κ3) is 3.90. The molecule has 2 fully saturated rings. The molecule has 156 valence electrons. The van der Waals surface area contributed by atoms with Gasteiger partial charge >= 0.3 is 11.9 Å². The predicted octanol–water partition coefficient (Wildman–Crippen LogP) is 2.92. The maximum Gasteiger partial charge on any atom is 0.416 e. The molecule has 1 N–H and O–H groups in total. The van der Waals surface area contributed by atoms with Crippen LogP contribution in [-0.4, -0.2) is 34.1 Å². The van der Waals surface area contributed by atoms with Crippen LogP contribution in [0.1, 0.15) is 36.0 Å². The SMILES string of the molecule is Cc1cn(CCCCN2C[C@@H]3C[C@]3(c3ccc(C(F)(F)F)cc3)C2)c(=O)[nH]c1=O. The molecule has 1 saturated carbocycles.